The summed E-state index contributed by atoms with van der Waals surface area (Å²) in [5.74, 6) is -1.18. The van der Waals surface area contributed by atoms with Crippen LogP contribution in [0.4, 0.5) is 0 Å². The minimum Gasteiger partial charge on any atom is -0.480 e. The van der Waals surface area contributed by atoms with Crippen LogP contribution in [0.3, 0.4) is 0 Å². The van der Waals surface area contributed by atoms with E-state index in [9.17, 15) is 14.7 Å². The van der Waals surface area contributed by atoms with Gasteiger partial charge in [0.05, 0.1) is 6.04 Å². The molecule has 2 rings (SSSR count). The number of carboxylic acids is 1. The Morgan fingerprint density at radius 1 is 1.29 bits per heavy atom. The average Bonchev–Trinajstić information content (AvgIpc) is 2.52. The minimum absolute atomic E-state index is 0.199. The summed E-state index contributed by atoms with van der Waals surface area (Å²) in [6, 6.07) is 8.62. The van der Waals surface area contributed by atoms with Crippen molar-refractivity contribution in [2.45, 2.75) is 44.2 Å². The Balaban J connectivity index is 1.86. The number of carbonyl (C=O) groups is 2. The molecule has 1 heterocycles. The first-order valence-electron chi connectivity index (χ1n) is 7.47. The number of carbonyl (C=O) groups excluding carboxylic acids is 1. The standard InChI is InChI=1S/C16H22N2O3/c19-15(13-8-4-5-11-17-13)18-14(16(20)21)10-9-12-6-2-1-3-7-12/h1-3,6-7,13-14,17H,4-5,8-11H2,(H,18,19)(H,20,21)/t13-,14?/m1/s1. The molecular formula is C16H22N2O3. The summed E-state index contributed by atoms with van der Waals surface area (Å²) < 4.78 is 0. The lowest BCUT2D eigenvalue weighted by Crippen LogP contribution is -2.51. The smallest absolute Gasteiger partial charge is 0.326 e. The third-order valence-electron chi connectivity index (χ3n) is 3.81. The maximum Gasteiger partial charge on any atom is 0.326 e. The quantitative estimate of drug-likeness (QED) is 0.738. The number of hydrogen-bond donors (Lipinski definition) is 3. The van der Waals surface area contributed by atoms with Crippen LogP contribution < -0.4 is 10.6 Å². The Labute approximate surface area is 124 Å². The molecule has 0 spiro atoms. The van der Waals surface area contributed by atoms with Crippen molar-refractivity contribution in [1.29, 1.82) is 0 Å². The number of aliphatic carboxylic acids is 1. The molecule has 0 saturated carbocycles. The average molecular weight is 290 g/mol. The van der Waals surface area contributed by atoms with E-state index in [1.165, 1.54) is 0 Å². The highest BCUT2D eigenvalue weighted by atomic mass is 16.4. The molecule has 1 aliphatic rings. The summed E-state index contributed by atoms with van der Waals surface area (Å²) in [5, 5.41) is 15.1. The molecule has 0 aliphatic carbocycles. The Morgan fingerprint density at radius 2 is 2.05 bits per heavy atom. The van der Waals surface area contributed by atoms with Gasteiger partial charge in [0.2, 0.25) is 5.91 Å². The van der Waals surface area contributed by atoms with Crippen molar-refractivity contribution in [3.8, 4) is 0 Å². The number of benzene rings is 1. The van der Waals surface area contributed by atoms with Crippen molar-refractivity contribution >= 4 is 11.9 Å². The molecule has 1 fully saturated rings. The topological polar surface area (TPSA) is 78.4 Å². The van der Waals surface area contributed by atoms with E-state index < -0.39 is 12.0 Å². The van der Waals surface area contributed by atoms with Gasteiger partial charge in [-0.2, -0.15) is 0 Å². The van der Waals surface area contributed by atoms with Crippen LogP contribution in [0.25, 0.3) is 0 Å². The van der Waals surface area contributed by atoms with Gasteiger partial charge in [-0.3, -0.25) is 4.79 Å². The molecule has 1 unspecified atom stereocenters. The molecule has 1 amide bonds. The maximum atomic E-state index is 12.1. The zero-order valence-corrected chi connectivity index (χ0v) is 12.0. The van der Waals surface area contributed by atoms with Gasteiger partial charge in [0.25, 0.3) is 0 Å². The van der Waals surface area contributed by atoms with Crippen LogP contribution in [-0.4, -0.2) is 35.6 Å². The molecular weight excluding hydrogens is 268 g/mol. The van der Waals surface area contributed by atoms with E-state index in [0.717, 1.165) is 31.4 Å². The summed E-state index contributed by atoms with van der Waals surface area (Å²) in [6.07, 6.45) is 3.89. The summed E-state index contributed by atoms with van der Waals surface area (Å²) >= 11 is 0. The van der Waals surface area contributed by atoms with Gasteiger partial charge >= 0.3 is 5.97 Å². The van der Waals surface area contributed by atoms with E-state index >= 15 is 0 Å². The van der Waals surface area contributed by atoms with Crippen molar-refractivity contribution in [2.75, 3.05) is 6.54 Å². The van der Waals surface area contributed by atoms with Crippen LogP contribution in [-0.2, 0) is 16.0 Å². The number of carboxylic acid groups (broad SMARTS) is 1. The van der Waals surface area contributed by atoms with Crippen molar-refractivity contribution < 1.29 is 14.7 Å². The van der Waals surface area contributed by atoms with Crippen molar-refractivity contribution in [3.63, 3.8) is 0 Å². The first kappa shape index (κ1) is 15.5. The lowest BCUT2D eigenvalue weighted by Gasteiger charge is -2.24. The van der Waals surface area contributed by atoms with Gasteiger partial charge in [0, 0.05) is 0 Å². The summed E-state index contributed by atoms with van der Waals surface area (Å²) in [6.45, 7) is 0.819. The number of rotatable bonds is 6. The number of hydrogen-bond acceptors (Lipinski definition) is 3. The highest BCUT2D eigenvalue weighted by Crippen LogP contribution is 2.09. The Morgan fingerprint density at radius 3 is 2.67 bits per heavy atom. The SMILES string of the molecule is O=C(O)C(CCc1ccccc1)NC(=O)[C@H]1CCCCN1. The van der Waals surface area contributed by atoms with E-state index in [-0.39, 0.29) is 11.9 Å². The van der Waals surface area contributed by atoms with Gasteiger partial charge in [-0.15, -0.1) is 0 Å². The largest absolute Gasteiger partial charge is 0.480 e. The van der Waals surface area contributed by atoms with Crippen LogP contribution in [0, 0.1) is 0 Å². The van der Waals surface area contributed by atoms with Gasteiger partial charge < -0.3 is 15.7 Å². The second kappa shape index (κ2) is 7.78. The van der Waals surface area contributed by atoms with Gasteiger partial charge in [-0.25, -0.2) is 4.79 Å². The highest BCUT2D eigenvalue weighted by Gasteiger charge is 2.25. The predicted octanol–water partition coefficient (Wildman–Crippen LogP) is 1.33. The van der Waals surface area contributed by atoms with Crippen molar-refractivity contribution in [2.24, 2.45) is 0 Å². The Kier molecular flexibility index (Phi) is 5.75. The molecule has 0 aromatic heterocycles. The molecule has 2 atom stereocenters. The van der Waals surface area contributed by atoms with Gasteiger partial charge in [0.1, 0.15) is 6.04 Å². The second-order valence-corrected chi connectivity index (χ2v) is 5.43. The zero-order chi connectivity index (χ0) is 15.1. The zero-order valence-electron chi connectivity index (χ0n) is 12.0. The molecule has 0 bridgehead atoms. The van der Waals surface area contributed by atoms with E-state index in [2.05, 4.69) is 10.6 Å². The fraction of sp³-hybridized carbons (Fsp3) is 0.500. The summed E-state index contributed by atoms with van der Waals surface area (Å²) in [4.78, 5) is 23.4. The Bertz CT molecular complexity index is 470. The van der Waals surface area contributed by atoms with Gasteiger partial charge in [-0.05, 0) is 37.8 Å². The molecule has 1 aliphatic heterocycles. The second-order valence-electron chi connectivity index (χ2n) is 5.43. The molecule has 0 radical (unpaired) electrons. The fourth-order valence-electron chi connectivity index (χ4n) is 2.56. The lowest BCUT2D eigenvalue weighted by molar-refractivity contribution is -0.142. The summed E-state index contributed by atoms with van der Waals surface area (Å²) in [5.41, 5.74) is 1.08. The molecule has 1 saturated heterocycles. The maximum absolute atomic E-state index is 12.1. The van der Waals surface area contributed by atoms with Crippen LogP contribution in [0.1, 0.15) is 31.2 Å². The highest BCUT2D eigenvalue weighted by molar-refractivity contribution is 5.86. The summed E-state index contributed by atoms with van der Waals surface area (Å²) in [7, 11) is 0. The van der Waals surface area contributed by atoms with Crippen molar-refractivity contribution in [3.05, 3.63) is 35.9 Å². The minimum atomic E-state index is -0.977. The third kappa shape index (κ3) is 4.86. The number of amides is 1. The fourth-order valence-corrected chi connectivity index (χ4v) is 2.56. The molecule has 114 valence electrons. The van der Waals surface area contributed by atoms with E-state index in [1.807, 2.05) is 30.3 Å². The van der Waals surface area contributed by atoms with Gasteiger partial charge in [-0.1, -0.05) is 36.8 Å². The molecule has 3 N–H and O–H groups in total. The number of aryl methyl sites for hydroxylation is 1. The van der Waals surface area contributed by atoms with Gasteiger partial charge in [0.15, 0.2) is 0 Å². The van der Waals surface area contributed by atoms with Crippen molar-refractivity contribution in [1.82, 2.24) is 10.6 Å². The van der Waals surface area contributed by atoms with E-state index in [1.54, 1.807) is 0 Å². The number of nitrogens with one attached hydrogen (secondary N) is 2. The molecule has 1 aromatic rings. The van der Waals surface area contributed by atoms with Crippen LogP contribution >= 0.6 is 0 Å². The monoisotopic (exact) mass is 290 g/mol. The first-order valence-corrected chi connectivity index (χ1v) is 7.47. The Hall–Kier alpha value is -1.88. The van der Waals surface area contributed by atoms with Crippen LogP contribution in [0.5, 0.6) is 0 Å². The number of piperidine rings is 1. The molecule has 5 nitrogen and oxygen atoms in total. The third-order valence-corrected chi connectivity index (χ3v) is 3.81. The normalized spacial score (nSPS) is 19.7. The predicted molar refractivity (Wildman–Crippen MR) is 80.0 cm³/mol. The van der Waals surface area contributed by atoms with Crippen LogP contribution in [0.15, 0.2) is 30.3 Å². The first-order chi connectivity index (χ1) is 10.2. The van der Waals surface area contributed by atoms with E-state index in [0.29, 0.717) is 12.8 Å². The molecule has 1 aromatic carbocycles. The van der Waals surface area contributed by atoms with E-state index in [4.69, 9.17) is 0 Å². The molecule has 21 heavy (non-hydrogen) atoms. The lowest BCUT2D eigenvalue weighted by atomic mass is 10.0. The van der Waals surface area contributed by atoms with Crippen LogP contribution in [0.2, 0.25) is 0 Å². The molecule has 5 heteroatoms.